The van der Waals surface area contributed by atoms with E-state index in [0.717, 1.165) is 13.0 Å². The van der Waals surface area contributed by atoms with Crippen molar-refractivity contribution in [2.45, 2.75) is 26.8 Å². The average molecular weight is 203 g/mol. The van der Waals surface area contributed by atoms with Gasteiger partial charge in [-0.15, -0.1) is 0 Å². The highest BCUT2D eigenvalue weighted by molar-refractivity contribution is 5.84. The first-order chi connectivity index (χ1) is 7.22. The lowest BCUT2D eigenvalue weighted by atomic mass is 10.1. The van der Waals surface area contributed by atoms with Gasteiger partial charge >= 0.3 is 0 Å². The maximum absolute atomic E-state index is 8.84. The lowest BCUT2D eigenvalue weighted by Gasteiger charge is -2.03. The fourth-order valence-electron chi connectivity index (χ4n) is 2.02. The van der Waals surface area contributed by atoms with Crippen molar-refractivity contribution < 1.29 is 5.11 Å². The van der Waals surface area contributed by atoms with Crippen molar-refractivity contribution in [3.05, 3.63) is 35.5 Å². The Balaban J connectivity index is 2.48. The molecule has 0 saturated carbocycles. The van der Waals surface area contributed by atoms with Crippen molar-refractivity contribution in [2.75, 3.05) is 6.61 Å². The van der Waals surface area contributed by atoms with Crippen molar-refractivity contribution >= 4 is 10.9 Å². The van der Waals surface area contributed by atoms with Crippen molar-refractivity contribution in [3.63, 3.8) is 0 Å². The number of aliphatic hydroxyl groups is 1. The summed E-state index contributed by atoms with van der Waals surface area (Å²) >= 11 is 0. The number of hydrogen-bond donors (Lipinski definition) is 1. The minimum atomic E-state index is 0.255. The van der Waals surface area contributed by atoms with Gasteiger partial charge in [0.05, 0.1) is 0 Å². The van der Waals surface area contributed by atoms with Crippen LogP contribution < -0.4 is 0 Å². The maximum atomic E-state index is 8.84. The van der Waals surface area contributed by atoms with E-state index in [1.165, 1.54) is 22.0 Å². The second kappa shape index (κ2) is 4.07. The molecule has 0 spiro atoms. The summed E-state index contributed by atoms with van der Waals surface area (Å²) in [6.45, 7) is 5.40. The van der Waals surface area contributed by atoms with E-state index in [1.807, 2.05) is 0 Å². The highest BCUT2D eigenvalue weighted by atomic mass is 16.3. The molecule has 15 heavy (non-hydrogen) atoms. The molecule has 0 aliphatic rings. The molecule has 1 aromatic carbocycles. The van der Waals surface area contributed by atoms with Gasteiger partial charge in [0.25, 0.3) is 0 Å². The minimum Gasteiger partial charge on any atom is -0.396 e. The number of fused-ring (bicyclic) bond motifs is 1. The van der Waals surface area contributed by atoms with Gasteiger partial charge in [-0.25, -0.2) is 0 Å². The molecule has 0 aliphatic heterocycles. The van der Waals surface area contributed by atoms with E-state index in [0.29, 0.717) is 0 Å². The van der Waals surface area contributed by atoms with Gasteiger partial charge in [-0.1, -0.05) is 11.6 Å². The molecule has 0 atom stereocenters. The van der Waals surface area contributed by atoms with E-state index in [-0.39, 0.29) is 6.61 Å². The third-order valence-corrected chi connectivity index (χ3v) is 2.79. The summed E-state index contributed by atoms with van der Waals surface area (Å²) in [5.41, 5.74) is 3.88. The number of nitrogens with zero attached hydrogens (tertiary/aromatic N) is 1. The molecule has 80 valence electrons. The van der Waals surface area contributed by atoms with E-state index in [4.69, 9.17) is 5.11 Å². The Bertz CT molecular complexity index is 471. The number of aliphatic hydroxyl groups excluding tert-OH is 1. The van der Waals surface area contributed by atoms with E-state index in [2.05, 4.69) is 42.8 Å². The van der Waals surface area contributed by atoms with Crippen LogP contribution in [0.3, 0.4) is 0 Å². The molecule has 2 rings (SSSR count). The van der Waals surface area contributed by atoms with Crippen molar-refractivity contribution in [2.24, 2.45) is 0 Å². The second-order valence-electron chi connectivity index (χ2n) is 4.10. The Labute approximate surface area is 90.2 Å². The maximum Gasteiger partial charge on any atom is 0.0483 e. The molecule has 1 aromatic heterocycles. The van der Waals surface area contributed by atoms with Gasteiger partial charge in [-0.05, 0) is 38.0 Å². The van der Waals surface area contributed by atoms with Crippen LogP contribution in [0.2, 0.25) is 0 Å². The van der Waals surface area contributed by atoms with E-state index >= 15 is 0 Å². The molecular formula is C13H17NO. The van der Waals surface area contributed by atoms with E-state index in [1.54, 1.807) is 0 Å². The molecule has 0 fully saturated rings. The van der Waals surface area contributed by atoms with E-state index in [9.17, 15) is 0 Å². The van der Waals surface area contributed by atoms with Crippen LogP contribution in [0.15, 0.2) is 24.4 Å². The summed E-state index contributed by atoms with van der Waals surface area (Å²) in [5, 5.41) is 10.2. The van der Waals surface area contributed by atoms with Crippen LogP contribution in [0.25, 0.3) is 10.9 Å². The third-order valence-electron chi connectivity index (χ3n) is 2.79. The Morgan fingerprint density at radius 2 is 2.07 bits per heavy atom. The zero-order valence-electron chi connectivity index (χ0n) is 9.33. The quantitative estimate of drug-likeness (QED) is 0.815. The van der Waals surface area contributed by atoms with Crippen LogP contribution in [-0.2, 0) is 6.54 Å². The molecular weight excluding hydrogens is 186 g/mol. The molecule has 2 aromatic rings. The smallest absolute Gasteiger partial charge is 0.0483 e. The first-order valence-electron chi connectivity index (χ1n) is 5.39. The van der Waals surface area contributed by atoms with Crippen LogP contribution in [-0.4, -0.2) is 16.3 Å². The van der Waals surface area contributed by atoms with Crippen LogP contribution >= 0.6 is 0 Å². The summed E-state index contributed by atoms with van der Waals surface area (Å²) in [5.74, 6) is 0. The Morgan fingerprint density at radius 3 is 2.80 bits per heavy atom. The molecule has 2 heteroatoms. The zero-order valence-corrected chi connectivity index (χ0v) is 9.33. The van der Waals surface area contributed by atoms with Crippen LogP contribution in [0.5, 0.6) is 0 Å². The van der Waals surface area contributed by atoms with Crippen molar-refractivity contribution in [1.82, 2.24) is 4.57 Å². The fourth-order valence-corrected chi connectivity index (χ4v) is 2.02. The Morgan fingerprint density at radius 1 is 1.27 bits per heavy atom. The summed E-state index contributed by atoms with van der Waals surface area (Å²) in [6.07, 6.45) is 2.98. The summed E-state index contributed by atoms with van der Waals surface area (Å²) in [7, 11) is 0. The van der Waals surface area contributed by atoms with Gasteiger partial charge in [0.15, 0.2) is 0 Å². The first kappa shape index (κ1) is 10.2. The molecule has 0 amide bonds. The normalized spacial score (nSPS) is 11.1. The third kappa shape index (κ3) is 1.90. The monoisotopic (exact) mass is 203 g/mol. The van der Waals surface area contributed by atoms with Gasteiger partial charge < -0.3 is 9.67 Å². The van der Waals surface area contributed by atoms with Gasteiger partial charge in [-0.2, -0.15) is 0 Å². The first-order valence-corrected chi connectivity index (χ1v) is 5.39. The topological polar surface area (TPSA) is 25.2 Å². The molecule has 0 unspecified atom stereocenters. The largest absolute Gasteiger partial charge is 0.396 e. The lowest BCUT2D eigenvalue weighted by molar-refractivity contribution is 0.280. The molecule has 2 nitrogen and oxygen atoms in total. The highest BCUT2D eigenvalue weighted by Gasteiger charge is 2.04. The van der Waals surface area contributed by atoms with Crippen LogP contribution in [0, 0.1) is 13.8 Å². The standard InChI is InChI=1S/C13H17NO/c1-10-4-5-13-12(8-10)11(2)9-14(13)6-3-7-15/h4-5,8-9,15H,3,6-7H2,1-2H3. The number of benzene rings is 1. The number of aryl methyl sites for hydroxylation is 3. The predicted octanol–water partition coefficient (Wildman–Crippen LogP) is 2.64. The molecule has 0 bridgehead atoms. The molecule has 0 saturated heterocycles. The molecule has 1 heterocycles. The average Bonchev–Trinajstić information content (AvgIpc) is 2.53. The minimum absolute atomic E-state index is 0.255. The van der Waals surface area contributed by atoms with Gasteiger partial charge in [0, 0.05) is 30.3 Å². The SMILES string of the molecule is Cc1ccc2c(c1)c(C)cn2CCCO. The van der Waals surface area contributed by atoms with Crippen molar-refractivity contribution in [1.29, 1.82) is 0 Å². The predicted molar refractivity (Wildman–Crippen MR) is 63.1 cm³/mol. The van der Waals surface area contributed by atoms with Gasteiger partial charge in [-0.3, -0.25) is 0 Å². The lowest BCUT2D eigenvalue weighted by Crippen LogP contribution is -1.98. The summed E-state index contributed by atoms with van der Waals surface area (Å²) < 4.78 is 2.22. The molecule has 0 radical (unpaired) electrons. The zero-order chi connectivity index (χ0) is 10.8. The van der Waals surface area contributed by atoms with Gasteiger partial charge in [0.1, 0.15) is 0 Å². The number of aromatic nitrogens is 1. The Kier molecular flexibility index (Phi) is 2.78. The second-order valence-corrected chi connectivity index (χ2v) is 4.10. The summed E-state index contributed by atoms with van der Waals surface area (Å²) in [6, 6.07) is 6.52. The fraction of sp³-hybridized carbons (Fsp3) is 0.385. The number of rotatable bonds is 3. The molecule has 1 N–H and O–H groups in total. The van der Waals surface area contributed by atoms with Gasteiger partial charge in [0.2, 0.25) is 0 Å². The molecule has 0 aliphatic carbocycles. The van der Waals surface area contributed by atoms with Crippen LogP contribution in [0.1, 0.15) is 17.5 Å². The van der Waals surface area contributed by atoms with Crippen LogP contribution in [0.4, 0.5) is 0 Å². The number of hydrogen-bond acceptors (Lipinski definition) is 1. The van der Waals surface area contributed by atoms with E-state index < -0.39 is 0 Å². The Hall–Kier alpha value is -1.28. The highest BCUT2D eigenvalue weighted by Crippen LogP contribution is 2.22. The van der Waals surface area contributed by atoms with Crippen molar-refractivity contribution in [3.8, 4) is 0 Å². The summed E-state index contributed by atoms with van der Waals surface area (Å²) in [4.78, 5) is 0.